The number of hydrogen-bond acceptors (Lipinski definition) is 0. The summed E-state index contributed by atoms with van der Waals surface area (Å²) in [5, 5.41) is 0. The molecule has 0 spiro atoms. The van der Waals surface area contributed by atoms with Gasteiger partial charge in [0.15, 0.2) is 0 Å². The molecule has 0 aliphatic rings. The molecule has 0 saturated heterocycles. The molecule has 0 nitrogen and oxygen atoms in total. The fourth-order valence-electron chi connectivity index (χ4n) is 1.56. The van der Waals surface area contributed by atoms with Crippen molar-refractivity contribution < 1.29 is 0 Å². The first kappa shape index (κ1) is 10.8. The summed E-state index contributed by atoms with van der Waals surface area (Å²) in [6, 6.07) is 6.65. The van der Waals surface area contributed by atoms with E-state index in [9.17, 15) is 0 Å². The molecule has 1 rings (SSSR count). The molecule has 0 aromatic heterocycles. The van der Waals surface area contributed by atoms with Crippen LogP contribution in [0.3, 0.4) is 0 Å². The summed E-state index contributed by atoms with van der Waals surface area (Å²) in [5.74, 6) is 0. The van der Waals surface area contributed by atoms with E-state index in [1.54, 1.807) is 0 Å². The van der Waals surface area contributed by atoms with Crippen LogP contribution in [-0.2, 0) is 6.42 Å². The van der Waals surface area contributed by atoms with E-state index in [2.05, 4.69) is 44.7 Å². The van der Waals surface area contributed by atoms with E-state index in [-0.39, 0.29) is 0 Å². The lowest BCUT2D eigenvalue weighted by Crippen LogP contribution is -1.89. The van der Waals surface area contributed by atoms with Crippen molar-refractivity contribution in [2.24, 2.45) is 0 Å². The fraction of sp³-hybridized carbons (Fsp3) is 0.286. The van der Waals surface area contributed by atoms with E-state index in [0.29, 0.717) is 0 Å². The summed E-state index contributed by atoms with van der Waals surface area (Å²) in [6.45, 7) is 7.96. The third-order valence-corrected chi connectivity index (χ3v) is 2.35. The maximum Gasteiger partial charge on any atom is -0.0241 e. The predicted molar refractivity (Wildman–Crippen MR) is 63.6 cm³/mol. The van der Waals surface area contributed by atoms with E-state index in [1.165, 1.54) is 16.7 Å². The minimum atomic E-state index is 1.09. The molecular weight excluding hydrogens is 168 g/mol. The molecule has 74 valence electrons. The molecule has 0 heterocycles. The smallest absolute Gasteiger partial charge is 0.0241 e. The Morgan fingerprint density at radius 3 is 2.71 bits per heavy atom. The van der Waals surface area contributed by atoms with Gasteiger partial charge >= 0.3 is 0 Å². The maximum absolute atomic E-state index is 3.65. The lowest BCUT2D eigenvalue weighted by molar-refractivity contribution is 0.985. The molecule has 0 saturated carbocycles. The Hall–Kier alpha value is -1.30. The average Bonchev–Trinajstić information content (AvgIpc) is 2.15. The lowest BCUT2D eigenvalue weighted by Gasteiger charge is -2.04. The first-order chi connectivity index (χ1) is 6.74. The Labute approximate surface area is 87.0 Å². The van der Waals surface area contributed by atoms with Crippen molar-refractivity contribution >= 4 is 0 Å². The van der Waals surface area contributed by atoms with Gasteiger partial charge in [-0.15, -0.1) is 0 Å². The largest absolute Gasteiger partial charge is 0.0991 e. The molecule has 1 aromatic rings. The maximum atomic E-state index is 3.65. The van der Waals surface area contributed by atoms with Crippen LogP contribution < -0.4 is 0 Å². The van der Waals surface area contributed by atoms with Crippen molar-refractivity contribution in [1.82, 2.24) is 0 Å². The zero-order chi connectivity index (χ0) is 10.4. The van der Waals surface area contributed by atoms with E-state index in [4.69, 9.17) is 0 Å². The first-order valence-electron chi connectivity index (χ1n) is 5.07. The second-order valence-electron chi connectivity index (χ2n) is 3.63. The highest BCUT2D eigenvalue weighted by molar-refractivity contribution is 5.30. The lowest BCUT2D eigenvalue weighted by atomic mass is 10.0. The van der Waals surface area contributed by atoms with Gasteiger partial charge < -0.3 is 0 Å². The molecule has 0 heteroatoms. The van der Waals surface area contributed by atoms with Crippen LogP contribution in [0.15, 0.2) is 43.0 Å². The molecule has 0 atom stereocenters. The second-order valence-corrected chi connectivity index (χ2v) is 3.63. The van der Waals surface area contributed by atoms with Gasteiger partial charge in [-0.2, -0.15) is 0 Å². The molecule has 0 radical (unpaired) electrons. The van der Waals surface area contributed by atoms with Crippen LogP contribution in [0.5, 0.6) is 0 Å². The topological polar surface area (TPSA) is 0 Å². The standard InChI is InChI=1S/C14H18/c1-4-5-6-7-8-14-10-9-12(2)11-13(14)3/h4-6,9-11H,1,7-8H2,2-3H3. The Morgan fingerprint density at radius 1 is 1.29 bits per heavy atom. The Bertz CT molecular complexity index is 332. The Kier molecular flexibility index (Phi) is 4.18. The number of aryl methyl sites for hydroxylation is 3. The molecular formula is C14H18. The van der Waals surface area contributed by atoms with Gasteiger partial charge in [0.05, 0.1) is 0 Å². The highest BCUT2D eigenvalue weighted by Crippen LogP contribution is 2.12. The Balaban J connectivity index is 2.59. The molecule has 14 heavy (non-hydrogen) atoms. The summed E-state index contributed by atoms with van der Waals surface area (Å²) >= 11 is 0. The van der Waals surface area contributed by atoms with Gasteiger partial charge in [-0.1, -0.05) is 48.6 Å². The van der Waals surface area contributed by atoms with Crippen LogP contribution in [0.1, 0.15) is 23.1 Å². The quantitative estimate of drug-likeness (QED) is 0.624. The van der Waals surface area contributed by atoms with Crippen LogP contribution >= 0.6 is 0 Å². The van der Waals surface area contributed by atoms with E-state index in [1.807, 2.05) is 12.2 Å². The van der Waals surface area contributed by atoms with Gasteiger partial charge in [-0.25, -0.2) is 0 Å². The van der Waals surface area contributed by atoms with Crippen molar-refractivity contribution in [1.29, 1.82) is 0 Å². The number of rotatable bonds is 4. The van der Waals surface area contributed by atoms with E-state index < -0.39 is 0 Å². The van der Waals surface area contributed by atoms with Crippen LogP contribution in [0.2, 0.25) is 0 Å². The van der Waals surface area contributed by atoms with Crippen LogP contribution in [-0.4, -0.2) is 0 Å². The molecule has 0 bridgehead atoms. The summed E-state index contributed by atoms with van der Waals surface area (Å²) in [6.07, 6.45) is 8.20. The minimum absolute atomic E-state index is 1.09. The van der Waals surface area contributed by atoms with Gasteiger partial charge in [-0.3, -0.25) is 0 Å². The summed E-state index contributed by atoms with van der Waals surface area (Å²) in [5.41, 5.74) is 4.19. The van der Waals surface area contributed by atoms with Gasteiger partial charge in [-0.05, 0) is 37.8 Å². The van der Waals surface area contributed by atoms with Crippen molar-refractivity contribution in [2.75, 3.05) is 0 Å². The highest BCUT2D eigenvalue weighted by Gasteiger charge is 1.96. The van der Waals surface area contributed by atoms with Gasteiger partial charge in [0.25, 0.3) is 0 Å². The molecule has 0 amide bonds. The van der Waals surface area contributed by atoms with E-state index in [0.717, 1.165) is 12.8 Å². The van der Waals surface area contributed by atoms with Crippen molar-refractivity contribution in [2.45, 2.75) is 26.7 Å². The molecule has 0 aliphatic heterocycles. The summed E-state index contributed by atoms with van der Waals surface area (Å²) in [7, 11) is 0. The molecule has 0 N–H and O–H groups in total. The predicted octanol–water partition coefficient (Wildman–Crippen LogP) is 3.98. The SMILES string of the molecule is C=CC=CCCc1ccc(C)cc1C. The highest BCUT2D eigenvalue weighted by atomic mass is 14.0. The fourth-order valence-corrected chi connectivity index (χ4v) is 1.56. The van der Waals surface area contributed by atoms with Crippen molar-refractivity contribution in [3.05, 3.63) is 59.7 Å². The van der Waals surface area contributed by atoms with Crippen molar-refractivity contribution in [3.8, 4) is 0 Å². The first-order valence-corrected chi connectivity index (χ1v) is 5.07. The molecule has 0 unspecified atom stereocenters. The normalized spacial score (nSPS) is 10.7. The van der Waals surface area contributed by atoms with Gasteiger partial charge in [0, 0.05) is 0 Å². The van der Waals surface area contributed by atoms with Gasteiger partial charge in [0.1, 0.15) is 0 Å². The number of hydrogen-bond donors (Lipinski definition) is 0. The zero-order valence-electron chi connectivity index (χ0n) is 9.09. The number of allylic oxidation sites excluding steroid dienone is 3. The van der Waals surface area contributed by atoms with E-state index >= 15 is 0 Å². The average molecular weight is 186 g/mol. The van der Waals surface area contributed by atoms with Crippen LogP contribution in [0, 0.1) is 13.8 Å². The summed E-state index contributed by atoms with van der Waals surface area (Å²) < 4.78 is 0. The van der Waals surface area contributed by atoms with Crippen molar-refractivity contribution in [3.63, 3.8) is 0 Å². The molecule has 0 fully saturated rings. The van der Waals surface area contributed by atoms with Gasteiger partial charge in [0.2, 0.25) is 0 Å². The third-order valence-electron chi connectivity index (χ3n) is 2.35. The Morgan fingerprint density at radius 2 is 2.07 bits per heavy atom. The minimum Gasteiger partial charge on any atom is -0.0991 e. The van der Waals surface area contributed by atoms with Crippen LogP contribution in [0.4, 0.5) is 0 Å². The zero-order valence-corrected chi connectivity index (χ0v) is 9.09. The summed E-state index contributed by atoms with van der Waals surface area (Å²) in [4.78, 5) is 0. The monoisotopic (exact) mass is 186 g/mol. The number of benzene rings is 1. The third kappa shape index (κ3) is 3.21. The van der Waals surface area contributed by atoms with Crippen LogP contribution in [0.25, 0.3) is 0 Å². The molecule has 0 aliphatic carbocycles. The molecule has 1 aromatic carbocycles. The second kappa shape index (κ2) is 5.43.